The molecule has 0 saturated carbocycles. The second kappa shape index (κ2) is 23.3. The number of hydrogen-bond acceptors (Lipinski definition) is 1. The van der Waals surface area contributed by atoms with Crippen molar-refractivity contribution in [2.24, 2.45) is 0 Å². The first-order valence-corrected chi connectivity index (χ1v) is 34.4. The number of para-hydroxylation sites is 1. The van der Waals surface area contributed by atoms with E-state index in [-0.39, 0.29) is 5.41 Å². The molecule has 2 nitrogen and oxygen atoms in total. The minimum Gasteiger partial charge on any atom is -0.310 e. The van der Waals surface area contributed by atoms with Gasteiger partial charge in [0.05, 0.1) is 11.0 Å². The Labute approximate surface area is 576 Å². The van der Waals surface area contributed by atoms with Gasteiger partial charge in [0.15, 0.2) is 0 Å². The molecule has 18 aromatic rings. The molecule has 1 aliphatic carbocycles. The van der Waals surface area contributed by atoms with Crippen LogP contribution in [0.1, 0.15) is 25.0 Å². The molecular formula is C97H66N2. The van der Waals surface area contributed by atoms with Crippen molar-refractivity contribution in [3.63, 3.8) is 0 Å². The van der Waals surface area contributed by atoms with Crippen LogP contribution in [-0.4, -0.2) is 4.57 Å². The van der Waals surface area contributed by atoms with Crippen LogP contribution in [0.4, 0.5) is 17.1 Å². The van der Waals surface area contributed by atoms with Crippen molar-refractivity contribution in [1.29, 1.82) is 0 Å². The molecule has 99 heavy (non-hydrogen) atoms. The average Bonchev–Trinajstić information content (AvgIpc) is 1.73. The topological polar surface area (TPSA) is 8.17 Å². The van der Waals surface area contributed by atoms with E-state index in [0.717, 1.165) is 67.2 Å². The largest absolute Gasteiger partial charge is 0.310 e. The molecule has 0 saturated heterocycles. The van der Waals surface area contributed by atoms with Gasteiger partial charge in [-0.25, -0.2) is 0 Å². The fraction of sp³-hybridized carbons (Fsp3) is 0.0309. The van der Waals surface area contributed by atoms with Gasteiger partial charge in [-0.1, -0.05) is 257 Å². The summed E-state index contributed by atoms with van der Waals surface area (Å²) in [5.74, 6) is 0. The molecule has 0 aliphatic heterocycles. The lowest BCUT2D eigenvalue weighted by Gasteiger charge is -2.28. The Kier molecular flexibility index (Phi) is 13.6. The lowest BCUT2D eigenvalue weighted by Crippen LogP contribution is -2.16. The summed E-state index contributed by atoms with van der Waals surface area (Å²) in [5.41, 5.74) is 28.5. The Morgan fingerprint density at radius 3 is 1.15 bits per heavy atom. The van der Waals surface area contributed by atoms with Gasteiger partial charge in [0.2, 0.25) is 0 Å². The third kappa shape index (κ3) is 10.0. The molecule has 0 spiro atoms. The molecule has 17 aromatic carbocycles. The molecule has 0 fully saturated rings. The van der Waals surface area contributed by atoms with E-state index >= 15 is 0 Å². The SMILES string of the molecule is CC1(C)c2ccccc2-c2ccc(N(c3ccc(-c4ccccc4)cc3)c3ccc(-c4ccc5c(c4)c4cc(-c6cccc(-c7cc(-c8ccc9ccccc9c8)c8cc(-c9ccc%10ccccc%10c9)cc(-c9ccc%10ccccc%10c9)c8c7)c6)ccc4n5-c4ccccc4)cc3)cc21. The summed E-state index contributed by atoms with van der Waals surface area (Å²) in [7, 11) is 0. The molecular weight excluding hydrogens is 1190 g/mol. The fourth-order valence-electron chi connectivity index (χ4n) is 16.0. The molecule has 0 unspecified atom stereocenters. The summed E-state index contributed by atoms with van der Waals surface area (Å²) in [6, 6.07) is 136. The Morgan fingerprint density at radius 2 is 0.586 bits per heavy atom. The van der Waals surface area contributed by atoms with Crippen LogP contribution in [0.3, 0.4) is 0 Å². The third-order valence-corrected chi connectivity index (χ3v) is 21.1. The van der Waals surface area contributed by atoms with E-state index in [4.69, 9.17) is 0 Å². The molecule has 0 N–H and O–H groups in total. The van der Waals surface area contributed by atoms with E-state index in [1.54, 1.807) is 0 Å². The maximum Gasteiger partial charge on any atom is 0.0541 e. The van der Waals surface area contributed by atoms with Gasteiger partial charge in [-0.05, 0) is 265 Å². The molecule has 0 amide bonds. The number of fused-ring (bicyclic) bond motifs is 10. The molecule has 2 heteroatoms. The minimum absolute atomic E-state index is 0.139. The Hall–Kier alpha value is -12.6. The van der Waals surface area contributed by atoms with Crippen LogP contribution in [0.15, 0.2) is 364 Å². The summed E-state index contributed by atoms with van der Waals surface area (Å²) in [5, 5.41) is 12.2. The van der Waals surface area contributed by atoms with E-state index in [2.05, 4.69) is 387 Å². The van der Waals surface area contributed by atoms with Crippen LogP contribution in [0.25, 0.3) is 160 Å². The number of nitrogens with zero attached hydrogens (tertiary/aromatic N) is 2. The maximum atomic E-state index is 2.45. The van der Waals surface area contributed by atoms with E-state index in [1.807, 2.05) is 0 Å². The monoisotopic (exact) mass is 1260 g/mol. The number of hydrogen-bond donors (Lipinski definition) is 0. The van der Waals surface area contributed by atoms with E-state index in [9.17, 15) is 0 Å². The molecule has 1 aromatic heterocycles. The number of aromatic nitrogens is 1. The smallest absolute Gasteiger partial charge is 0.0541 e. The van der Waals surface area contributed by atoms with Gasteiger partial charge in [0, 0.05) is 38.9 Å². The van der Waals surface area contributed by atoms with Crippen molar-refractivity contribution in [2.45, 2.75) is 19.3 Å². The number of rotatable bonds is 11. The van der Waals surface area contributed by atoms with Crippen molar-refractivity contribution in [2.75, 3.05) is 4.90 Å². The van der Waals surface area contributed by atoms with Crippen molar-refractivity contribution in [3.05, 3.63) is 375 Å². The Balaban J connectivity index is 0.735. The standard InChI is InChI=1S/C97H66N2/c1-97(2)93-31-16-15-30-85(93)86-49-48-84(62-94(86)97)98(82-44-38-67(39-45-82)63-18-5-3-6-19-63)83-46-40-68(41-47-83)75-42-50-95-91(56-75)92-57-76(43-51-96(92)99(95)81-28-7-4-8-29-81)72-26-17-27-73(53-72)79-58-87(77-36-33-65-21-10-13-24-70(65)54-77)90-61-80(74-35-32-64-20-9-12-23-69(64)52-74)59-88(89(90)60-79)78-37-34-66-22-11-14-25-71(66)55-78/h3-62H,1-2H3. The minimum atomic E-state index is -0.139. The van der Waals surface area contributed by atoms with Gasteiger partial charge in [-0.15, -0.1) is 0 Å². The Morgan fingerprint density at radius 1 is 0.212 bits per heavy atom. The van der Waals surface area contributed by atoms with Gasteiger partial charge in [-0.3, -0.25) is 0 Å². The van der Waals surface area contributed by atoms with Crippen LogP contribution >= 0.6 is 0 Å². The fourth-order valence-corrected chi connectivity index (χ4v) is 16.0. The van der Waals surface area contributed by atoms with E-state index < -0.39 is 0 Å². The highest BCUT2D eigenvalue weighted by molar-refractivity contribution is 6.13. The molecule has 0 atom stereocenters. The van der Waals surface area contributed by atoms with Crippen molar-refractivity contribution in [3.8, 4) is 94.7 Å². The van der Waals surface area contributed by atoms with Crippen LogP contribution in [0.5, 0.6) is 0 Å². The normalized spacial score (nSPS) is 12.4. The van der Waals surface area contributed by atoms with E-state index in [0.29, 0.717) is 0 Å². The molecule has 0 bridgehead atoms. The summed E-state index contributed by atoms with van der Waals surface area (Å²) in [6.45, 7) is 4.72. The van der Waals surface area contributed by atoms with Crippen molar-refractivity contribution >= 4 is 82.0 Å². The summed E-state index contributed by atoms with van der Waals surface area (Å²) < 4.78 is 2.43. The van der Waals surface area contributed by atoms with Crippen molar-refractivity contribution in [1.82, 2.24) is 4.57 Å². The average molecular weight is 1260 g/mol. The zero-order valence-corrected chi connectivity index (χ0v) is 55.0. The molecule has 19 rings (SSSR count). The van der Waals surface area contributed by atoms with Gasteiger partial charge < -0.3 is 9.47 Å². The second-order valence-corrected chi connectivity index (χ2v) is 27.2. The zero-order chi connectivity index (χ0) is 65.7. The van der Waals surface area contributed by atoms with Crippen molar-refractivity contribution < 1.29 is 0 Å². The highest BCUT2D eigenvalue weighted by Crippen LogP contribution is 2.52. The van der Waals surface area contributed by atoms with Gasteiger partial charge in [0.25, 0.3) is 0 Å². The van der Waals surface area contributed by atoms with Gasteiger partial charge in [-0.2, -0.15) is 0 Å². The maximum absolute atomic E-state index is 2.45. The first-order valence-electron chi connectivity index (χ1n) is 34.4. The number of anilines is 3. The Bertz CT molecular complexity index is 6230. The predicted octanol–water partition coefficient (Wildman–Crippen LogP) is 26.8. The highest BCUT2D eigenvalue weighted by atomic mass is 15.1. The summed E-state index contributed by atoms with van der Waals surface area (Å²) in [6.07, 6.45) is 0. The first kappa shape index (κ1) is 57.8. The zero-order valence-electron chi connectivity index (χ0n) is 55.0. The molecule has 1 aliphatic rings. The first-order chi connectivity index (χ1) is 48.8. The van der Waals surface area contributed by atoms with Crippen LogP contribution in [0.2, 0.25) is 0 Å². The van der Waals surface area contributed by atoms with E-state index in [1.165, 1.54) is 121 Å². The van der Waals surface area contributed by atoms with Gasteiger partial charge >= 0.3 is 0 Å². The second-order valence-electron chi connectivity index (χ2n) is 27.2. The van der Waals surface area contributed by atoms with Gasteiger partial charge in [0.1, 0.15) is 0 Å². The number of benzene rings is 17. The summed E-state index contributed by atoms with van der Waals surface area (Å²) >= 11 is 0. The molecule has 464 valence electrons. The quantitative estimate of drug-likeness (QED) is 0.125. The molecule has 1 heterocycles. The van der Waals surface area contributed by atoms with Crippen LogP contribution in [-0.2, 0) is 5.41 Å². The summed E-state index contributed by atoms with van der Waals surface area (Å²) in [4.78, 5) is 2.42. The predicted molar refractivity (Wildman–Crippen MR) is 421 cm³/mol. The highest BCUT2D eigenvalue weighted by Gasteiger charge is 2.36. The van der Waals surface area contributed by atoms with Crippen LogP contribution in [0, 0.1) is 0 Å². The lowest BCUT2D eigenvalue weighted by molar-refractivity contribution is 0.660. The lowest BCUT2D eigenvalue weighted by atomic mass is 9.82. The third-order valence-electron chi connectivity index (χ3n) is 21.1. The molecule has 0 radical (unpaired) electrons. The van der Waals surface area contributed by atoms with Crippen LogP contribution < -0.4 is 4.90 Å².